The summed E-state index contributed by atoms with van der Waals surface area (Å²) in [5, 5.41) is 16.1. The molecule has 6 heteroatoms. The summed E-state index contributed by atoms with van der Waals surface area (Å²) in [7, 11) is 0. The molecular formula is C17H21N5O. The Morgan fingerprint density at radius 2 is 2.26 bits per heavy atom. The molecule has 1 atom stereocenters. The molecule has 2 heterocycles. The zero-order chi connectivity index (χ0) is 16.8. The standard InChI is InChI=1S/C17H21N5O/c1-4-5-6-12(2)17(23)20-16-13(3)11-22(21-16)15-8-7-14(9-18)10-19-15/h7-8,10-12H,4-6H2,1-3H3,(H,20,21,23)/t12-/m0/s1. The zero-order valence-electron chi connectivity index (χ0n) is 13.7. The first-order valence-electron chi connectivity index (χ1n) is 7.78. The maximum Gasteiger partial charge on any atom is 0.228 e. The van der Waals surface area contributed by atoms with E-state index in [1.807, 2.05) is 19.9 Å². The Morgan fingerprint density at radius 1 is 1.48 bits per heavy atom. The molecule has 0 fully saturated rings. The van der Waals surface area contributed by atoms with E-state index in [0.717, 1.165) is 24.8 Å². The molecule has 0 unspecified atom stereocenters. The lowest BCUT2D eigenvalue weighted by Crippen LogP contribution is -2.21. The van der Waals surface area contributed by atoms with Crippen LogP contribution in [0, 0.1) is 24.2 Å². The monoisotopic (exact) mass is 311 g/mol. The summed E-state index contributed by atoms with van der Waals surface area (Å²) in [6.45, 7) is 5.93. The second-order valence-corrected chi connectivity index (χ2v) is 5.65. The number of carbonyl (C=O) groups excluding carboxylic acids is 1. The first kappa shape index (κ1) is 16.7. The third kappa shape index (κ3) is 4.16. The molecule has 23 heavy (non-hydrogen) atoms. The van der Waals surface area contributed by atoms with Gasteiger partial charge in [0.2, 0.25) is 5.91 Å². The van der Waals surface area contributed by atoms with Gasteiger partial charge in [-0.2, -0.15) is 5.26 Å². The van der Waals surface area contributed by atoms with Crippen molar-refractivity contribution in [1.82, 2.24) is 14.8 Å². The van der Waals surface area contributed by atoms with E-state index in [9.17, 15) is 4.79 Å². The molecule has 0 spiro atoms. The summed E-state index contributed by atoms with van der Waals surface area (Å²) in [6, 6.07) is 5.44. The normalized spacial score (nSPS) is 11.7. The minimum absolute atomic E-state index is 0.0143. The highest BCUT2D eigenvalue weighted by molar-refractivity contribution is 5.92. The van der Waals surface area contributed by atoms with Gasteiger partial charge in [0.1, 0.15) is 6.07 Å². The van der Waals surface area contributed by atoms with E-state index >= 15 is 0 Å². The van der Waals surface area contributed by atoms with Gasteiger partial charge in [-0.1, -0.05) is 26.7 Å². The van der Waals surface area contributed by atoms with Crippen LogP contribution >= 0.6 is 0 Å². The molecule has 0 aromatic carbocycles. The molecule has 1 amide bonds. The van der Waals surface area contributed by atoms with Crippen molar-refractivity contribution in [3.05, 3.63) is 35.7 Å². The minimum atomic E-state index is -0.0347. The fourth-order valence-corrected chi connectivity index (χ4v) is 2.17. The van der Waals surface area contributed by atoms with E-state index < -0.39 is 0 Å². The fraction of sp³-hybridized carbons (Fsp3) is 0.412. The Morgan fingerprint density at radius 3 is 2.87 bits per heavy atom. The minimum Gasteiger partial charge on any atom is -0.309 e. The number of aryl methyl sites for hydroxylation is 1. The molecule has 0 bridgehead atoms. The van der Waals surface area contributed by atoms with E-state index in [-0.39, 0.29) is 11.8 Å². The molecule has 0 radical (unpaired) electrons. The molecule has 0 aliphatic carbocycles. The number of anilines is 1. The number of nitrogens with one attached hydrogen (secondary N) is 1. The molecule has 120 valence electrons. The Hall–Kier alpha value is -2.68. The Bertz CT molecular complexity index is 712. The van der Waals surface area contributed by atoms with Crippen LogP contribution < -0.4 is 5.32 Å². The van der Waals surface area contributed by atoms with Gasteiger partial charge in [0.05, 0.1) is 5.56 Å². The zero-order valence-corrected chi connectivity index (χ0v) is 13.7. The van der Waals surface area contributed by atoms with Crippen molar-refractivity contribution < 1.29 is 4.79 Å². The molecule has 0 aliphatic heterocycles. The Balaban J connectivity index is 2.11. The maximum atomic E-state index is 12.2. The molecule has 2 rings (SSSR count). The maximum absolute atomic E-state index is 12.2. The van der Waals surface area contributed by atoms with Gasteiger partial charge in [-0.3, -0.25) is 4.79 Å². The van der Waals surface area contributed by atoms with Crippen molar-refractivity contribution in [2.75, 3.05) is 5.32 Å². The van der Waals surface area contributed by atoms with E-state index in [0.29, 0.717) is 17.2 Å². The highest BCUT2D eigenvalue weighted by Gasteiger charge is 2.16. The van der Waals surface area contributed by atoms with Crippen LogP contribution in [0.15, 0.2) is 24.5 Å². The van der Waals surface area contributed by atoms with Crippen LogP contribution in [0.5, 0.6) is 0 Å². The second kappa shape index (κ2) is 7.54. The van der Waals surface area contributed by atoms with Crippen molar-refractivity contribution in [3.8, 4) is 11.9 Å². The van der Waals surface area contributed by atoms with E-state index in [4.69, 9.17) is 5.26 Å². The van der Waals surface area contributed by atoms with Crippen LogP contribution in [-0.2, 0) is 4.79 Å². The van der Waals surface area contributed by atoms with Gasteiger partial charge in [0, 0.05) is 23.9 Å². The summed E-state index contributed by atoms with van der Waals surface area (Å²) in [5.41, 5.74) is 1.36. The van der Waals surface area contributed by atoms with Crippen LogP contribution in [0.3, 0.4) is 0 Å². The second-order valence-electron chi connectivity index (χ2n) is 5.65. The number of pyridine rings is 1. The van der Waals surface area contributed by atoms with Gasteiger partial charge >= 0.3 is 0 Å². The van der Waals surface area contributed by atoms with Gasteiger partial charge < -0.3 is 5.32 Å². The third-order valence-electron chi connectivity index (χ3n) is 3.69. The van der Waals surface area contributed by atoms with Gasteiger partial charge in [0.25, 0.3) is 0 Å². The summed E-state index contributed by atoms with van der Waals surface area (Å²) >= 11 is 0. The Kier molecular flexibility index (Phi) is 5.47. The van der Waals surface area contributed by atoms with Crippen molar-refractivity contribution >= 4 is 11.7 Å². The van der Waals surface area contributed by atoms with Gasteiger partial charge in [-0.05, 0) is 25.5 Å². The molecular weight excluding hydrogens is 290 g/mol. The predicted octanol–water partition coefficient (Wildman–Crippen LogP) is 3.21. The smallest absolute Gasteiger partial charge is 0.228 e. The van der Waals surface area contributed by atoms with E-state index in [1.54, 1.807) is 23.0 Å². The number of aromatic nitrogens is 3. The van der Waals surface area contributed by atoms with E-state index in [2.05, 4.69) is 22.3 Å². The molecule has 0 aliphatic rings. The number of carbonyl (C=O) groups is 1. The number of rotatable bonds is 6. The first-order valence-corrected chi connectivity index (χ1v) is 7.78. The molecule has 2 aromatic rings. The highest BCUT2D eigenvalue weighted by atomic mass is 16.1. The van der Waals surface area contributed by atoms with Crippen molar-refractivity contribution in [2.45, 2.75) is 40.0 Å². The number of hydrogen-bond acceptors (Lipinski definition) is 4. The number of hydrogen-bond donors (Lipinski definition) is 1. The average molecular weight is 311 g/mol. The third-order valence-corrected chi connectivity index (χ3v) is 3.69. The van der Waals surface area contributed by atoms with Gasteiger partial charge in [-0.25, -0.2) is 9.67 Å². The number of nitrogens with zero attached hydrogens (tertiary/aromatic N) is 4. The number of unbranched alkanes of at least 4 members (excludes halogenated alkanes) is 1. The largest absolute Gasteiger partial charge is 0.309 e. The van der Waals surface area contributed by atoms with Crippen molar-refractivity contribution in [2.24, 2.45) is 5.92 Å². The Labute approximate surface area is 136 Å². The predicted molar refractivity (Wildman–Crippen MR) is 88.1 cm³/mol. The topological polar surface area (TPSA) is 83.6 Å². The van der Waals surface area contributed by atoms with Crippen molar-refractivity contribution in [3.63, 3.8) is 0 Å². The molecule has 2 aromatic heterocycles. The van der Waals surface area contributed by atoms with E-state index in [1.165, 1.54) is 6.20 Å². The molecule has 0 saturated heterocycles. The summed E-state index contributed by atoms with van der Waals surface area (Å²) in [4.78, 5) is 16.4. The lowest BCUT2D eigenvalue weighted by atomic mass is 10.0. The van der Waals surface area contributed by atoms with Crippen LogP contribution in [0.4, 0.5) is 5.82 Å². The number of nitriles is 1. The summed E-state index contributed by atoms with van der Waals surface area (Å²) in [6.07, 6.45) is 6.30. The highest BCUT2D eigenvalue weighted by Crippen LogP contribution is 2.17. The quantitative estimate of drug-likeness (QED) is 0.887. The lowest BCUT2D eigenvalue weighted by molar-refractivity contribution is -0.119. The number of amides is 1. The summed E-state index contributed by atoms with van der Waals surface area (Å²) < 4.78 is 1.60. The SMILES string of the molecule is CCCC[C@H](C)C(=O)Nc1nn(-c2ccc(C#N)cn2)cc1C. The lowest BCUT2D eigenvalue weighted by Gasteiger charge is -2.10. The van der Waals surface area contributed by atoms with Crippen LogP contribution in [-0.4, -0.2) is 20.7 Å². The van der Waals surface area contributed by atoms with Gasteiger partial charge in [-0.15, -0.1) is 5.10 Å². The van der Waals surface area contributed by atoms with Crippen LogP contribution in [0.2, 0.25) is 0 Å². The first-order chi connectivity index (χ1) is 11.0. The van der Waals surface area contributed by atoms with Crippen LogP contribution in [0.25, 0.3) is 5.82 Å². The van der Waals surface area contributed by atoms with Crippen molar-refractivity contribution in [1.29, 1.82) is 5.26 Å². The molecule has 6 nitrogen and oxygen atoms in total. The average Bonchev–Trinajstić information content (AvgIpc) is 2.93. The fourth-order valence-electron chi connectivity index (χ4n) is 2.17. The molecule has 1 N–H and O–H groups in total. The molecule has 0 saturated carbocycles. The van der Waals surface area contributed by atoms with Gasteiger partial charge in [0.15, 0.2) is 11.6 Å². The summed E-state index contributed by atoms with van der Waals surface area (Å²) in [5.74, 6) is 1.10. The van der Waals surface area contributed by atoms with Crippen LogP contribution in [0.1, 0.15) is 44.2 Å².